The zero-order chi connectivity index (χ0) is 5.58. The van der Waals surface area contributed by atoms with Crippen LogP contribution < -0.4 is 0 Å². The van der Waals surface area contributed by atoms with E-state index in [-0.39, 0.29) is 9.41 Å². The van der Waals surface area contributed by atoms with Crippen LogP contribution >= 0.6 is 0 Å². The maximum atomic E-state index is 10.1. The van der Waals surface area contributed by atoms with Crippen LogP contribution in [0.15, 0.2) is 25.8 Å². The summed E-state index contributed by atoms with van der Waals surface area (Å²) in [6.07, 6.45) is -1.83. The Balaban J connectivity index is -0.0000000183. The highest BCUT2D eigenvalue weighted by molar-refractivity contribution is 4.57. The van der Waals surface area contributed by atoms with Crippen molar-refractivity contribution in [3.8, 4) is 0 Å². The monoisotopic (exact) mass is 132 g/mol. The molecule has 0 aromatic heterocycles. The average molecular weight is 132 g/mol. The maximum Gasteiger partial charge on any atom is 0.263 e. The van der Waals surface area contributed by atoms with E-state index in [2.05, 4.69) is 19.7 Å². The summed E-state index contributed by atoms with van der Waals surface area (Å²) in [5.41, 5.74) is 0. The highest BCUT2D eigenvalue weighted by Crippen LogP contribution is 1.85. The summed E-state index contributed by atoms with van der Waals surface area (Å²) >= 11 is 0. The third kappa shape index (κ3) is 143. The second-order valence-corrected chi connectivity index (χ2v) is 0.339. The van der Waals surface area contributed by atoms with Crippen LogP contribution in [0.25, 0.3) is 0 Å². The molecule has 0 aliphatic heterocycles. The van der Waals surface area contributed by atoms with Crippen molar-refractivity contribution in [2.24, 2.45) is 0 Å². The van der Waals surface area contributed by atoms with Gasteiger partial charge < -0.3 is 0 Å². The molecule has 0 bridgehead atoms. The smallest absolute Gasteiger partial charge is 0.263 e. The van der Waals surface area contributed by atoms with Gasteiger partial charge in [0.05, 0.1) is 0 Å². The van der Waals surface area contributed by atoms with Gasteiger partial charge in [-0.15, -0.1) is 13.2 Å². The Morgan fingerprint density at radius 1 is 1.00 bits per heavy atom. The molecule has 0 spiro atoms. The first kappa shape index (κ1) is 27.0. The lowest BCUT2D eigenvalue weighted by molar-refractivity contribution is 0.426. The molecule has 0 aromatic carbocycles. The Morgan fingerprint density at radius 2 is 1.00 bits per heavy atom. The predicted molar refractivity (Wildman–Crippen MR) is 27.6 cm³/mol. The van der Waals surface area contributed by atoms with Gasteiger partial charge in [-0.3, -0.25) is 9.41 Å². The molecule has 0 heterocycles. The van der Waals surface area contributed by atoms with Crippen LogP contribution in [0.3, 0.4) is 0 Å². The van der Waals surface area contributed by atoms with E-state index in [1.165, 1.54) is 0 Å². The van der Waals surface area contributed by atoms with Crippen LogP contribution in [0.4, 0.5) is 18.2 Å². The number of halogens is 4. The molecule has 0 saturated carbocycles. The standard InChI is InChI=1S/C2H2F2.C2H4.2FH/c1-2(3)4;1-2;;/h1H2;1-2H2;2*1H. The molecule has 0 aliphatic carbocycles. The van der Waals surface area contributed by atoms with Crippen LogP contribution in [0.1, 0.15) is 0 Å². The molecule has 0 atom stereocenters. The first-order chi connectivity index (χ1) is 2.73. The van der Waals surface area contributed by atoms with Crippen molar-refractivity contribution >= 4 is 0 Å². The molecule has 52 valence electrons. The van der Waals surface area contributed by atoms with Crippen LogP contribution in [0, 0.1) is 0 Å². The second-order valence-electron chi connectivity index (χ2n) is 0.339. The Morgan fingerprint density at radius 3 is 1.00 bits per heavy atom. The van der Waals surface area contributed by atoms with Crippen molar-refractivity contribution in [1.29, 1.82) is 0 Å². The Bertz CT molecular complexity index is 39.3. The van der Waals surface area contributed by atoms with Gasteiger partial charge in [0.25, 0.3) is 6.08 Å². The van der Waals surface area contributed by atoms with Crippen LogP contribution in [0.5, 0.6) is 0 Å². The summed E-state index contributed by atoms with van der Waals surface area (Å²) in [5.74, 6) is 0. The molecule has 0 N–H and O–H groups in total. The van der Waals surface area contributed by atoms with Crippen molar-refractivity contribution in [2.45, 2.75) is 0 Å². The lowest BCUT2D eigenvalue weighted by Gasteiger charge is -1.54. The molecule has 0 nitrogen and oxygen atoms in total. The number of hydrogen-bond acceptors (Lipinski definition) is 0. The minimum atomic E-state index is -1.83. The third-order valence-corrected chi connectivity index (χ3v) is 0. The summed E-state index contributed by atoms with van der Waals surface area (Å²) in [6.45, 7) is 8.22. The van der Waals surface area contributed by atoms with Gasteiger partial charge in [-0.1, -0.05) is 0 Å². The molecule has 8 heavy (non-hydrogen) atoms. The van der Waals surface area contributed by atoms with Gasteiger partial charge >= 0.3 is 0 Å². The van der Waals surface area contributed by atoms with E-state index in [0.29, 0.717) is 0 Å². The Hall–Kier alpha value is -0.800. The average Bonchev–Trinajstić information content (AvgIpc) is 1.41. The van der Waals surface area contributed by atoms with E-state index in [4.69, 9.17) is 0 Å². The lowest BCUT2D eigenvalue weighted by Crippen LogP contribution is -1.33. The van der Waals surface area contributed by atoms with Gasteiger partial charge in [0.1, 0.15) is 0 Å². The SMILES string of the molecule is C=C.C=C(F)F.F.F. The van der Waals surface area contributed by atoms with Gasteiger partial charge in [0.2, 0.25) is 0 Å². The molecular formula is C4H8F4. The first-order valence-electron chi connectivity index (χ1n) is 1.23. The summed E-state index contributed by atoms with van der Waals surface area (Å²) < 4.78 is 20.3. The number of hydrogen-bond donors (Lipinski definition) is 0. The van der Waals surface area contributed by atoms with Crippen molar-refractivity contribution in [3.63, 3.8) is 0 Å². The molecule has 0 fully saturated rings. The minimum absolute atomic E-state index is 0. The first-order valence-corrected chi connectivity index (χ1v) is 1.23. The van der Waals surface area contributed by atoms with E-state index in [1.54, 1.807) is 0 Å². The molecule has 4 heteroatoms. The van der Waals surface area contributed by atoms with Gasteiger partial charge in [-0.2, -0.15) is 8.78 Å². The van der Waals surface area contributed by atoms with E-state index in [0.717, 1.165) is 0 Å². The molecule has 0 aliphatic rings. The summed E-state index contributed by atoms with van der Waals surface area (Å²) in [7, 11) is 0. The van der Waals surface area contributed by atoms with Crippen LogP contribution in [-0.2, 0) is 0 Å². The van der Waals surface area contributed by atoms with E-state index < -0.39 is 6.08 Å². The molecule has 0 amide bonds. The zero-order valence-corrected chi connectivity index (χ0v) is 4.19. The largest absolute Gasteiger partial charge is 0.269 e. The van der Waals surface area contributed by atoms with E-state index >= 15 is 0 Å². The van der Waals surface area contributed by atoms with Crippen molar-refractivity contribution in [3.05, 3.63) is 25.8 Å². The van der Waals surface area contributed by atoms with Gasteiger partial charge in [-0.05, 0) is 6.58 Å². The lowest BCUT2D eigenvalue weighted by atomic mass is 11.2. The Labute approximate surface area is 45.2 Å². The molecular weight excluding hydrogens is 124 g/mol. The normalized spacial score (nSPS) is 3.75. The van der Waals surface area contributed by atoms with Gasteiger partial charge in [0, 0.05) is 0 Å². The summed E-state index contributed by atoms with van der Waals surface area (Å²) in [4.78, 5) is 0. The highest BCUT2D eigenvalue weighted by atomic mass is 19.3. The summed E-state index contributed by atoms with van der Waals surface area (Å²) in [6, 6.07) is 0. The van der Waals surface area contributed by atoms with Gasteiger partial charge in [0.15, 0.2) is 0 Å². The second kappa shape index (κ2) is 34.6. The topological polar surface area (TPSA) is 0 Å². The molecule has 0 aromatic rings. The fourth-order valence-electron chi connectivity index (χ4n) is 0. The fourth-order valence-corrected chi connectivity index (χ4v) is 0. The van der Waals surface area contributed by atoms with Crippen LogP contribution in [-0.4, -0.2) is 0 Å². The quantitative estimate of drug-likeness (QED) is 0.351. The van der Waals surface area contributed by atoms with Crippen LogP contribution in [0.2, 0.25) is 0 Å². The summed E-state index contributed by atoms with van der Waals surface area (Å²) in [5, 5.41) is 0. The molecule has 0 unspecified atom stereocenters. The van der Waals surface area contributed by atoms with Crippen molar-refractivity contribution in [1.82, 2.24) is 0 Å². The minimum Gasteiger partial charge on any atom is -0.269 e. The fraction of sp³-hybridized carbons (Fsp3) is 0. The van der Waals surface area contributed by atoms with Crippen molar-refractivity contribution in [2.75, 3.05) is 0 Å². The van der Waals surface area contributed by atoms with E-state index in [1.807, 2.05) is 0 Å². The maximum absolute atomic E-state index is 10.1. The highest BCUT2D eigenvalue weighted by Gasteiger charge is 1.65. The zero-order valence-electron chi connectivity index (χ0n) is 4.19. The number of rotatable bonds is 0. The molecule has 0 rings (SSSR count). The predicted octanol–water partition coefficient (Wildman–Crippen LogP) is 2.50. The molecule has 0 saturated heterocycles. The van der Waals surface area contributed by atoms with E-state index in [9.17, 15) is 8.78 Å². The van der Waals surface area contributed by atoms with Crippen molar-refractivity contribution < 1.29 is 18.2 Å². The third-order valence-electron chi connectivity index (χ3n) is 0. The Kier molecular flexibility index (Phi) is 117. The molecule has 0 radical (unpaired) electrons. The van der Waals surface area contributed by atoms with Gasteiger partial charge in [-0.25, -0.2) is 0 Å².